The summed E-state index contributed by atoms with van der Waals surface area (Å²) in [5, 5.41) is 0.888. The Morgan fingerprint density at radius 2 is 2.15 bits per heavy atom. The van der Waals surface area contributed by atoms with Crippen LogP contribution in [-0.2, 0) is 4.79 Å². The van der Waals surface area contributed by atoms with E-state index in [0.29, 0.717) is 11.3 Å². The van der Waals surface area contributed by atoms with Gasteiger partial charge in [0, 0.05) is 24.8 Å². The van der Waals surface area contributed by atoms with Gasteiger partial charge in [-0.15, -0.1) is 0 Å². The molecular weight excluding hydrogens is 230 g/mol. The number of carbonyl (C=O) groups is 1. The highest BCUT2D eigenvalue weighted by atomic mass is 79.9. The van der Waals surface area contributed by atoms with Gasteiger partial charge >= 0.3 is 0 Å². The second kappa shape index (κ2) is 4.45. The minimum absolute atomic E-state index is 0.324. The predicted molar refractivity (Wildman–Crippen MR) is 58.0 cm³/mol. The molecule has 0 radical (unpaired) electrons. The molecule has 0 aliphatic carbocycles. The van der Waals surface area contributed by atoms with Crippen molar-refractivity contribution < 1.29 is 4.79 Å². The second-order valence-electron chi connectivity index (χ2n) is 4.48. The Hall–Kier alpha value is -0.0500. The largest absolute Gasteiger partial charge is 0.342 e. The molecule has 1 amide bonds. The summed E-state index contributed by atoms with van der Waals surface area (Å²) < 4.78 is 0. The fourth-order valence-electron chi connectivity index (χ4n) is 1.63. The van der Waals surface area contributed by atoms with Crippen LogP contribution in [0.5, 0.6) is 0 Å². The Morgan fingerprint density at radius 1 is 1.46 bits per heavy atom. The van der Waals surface area contributed by atoms with E-state index in [-0.39, 0.29) is 0 Å². The van der Waals surface area contributed by atoms with Crippen LogP contribution in [-0.4, -0.2) is 29.2 Å². The molecule has 0 atom stereocenters. The molecule has 1 fully saturated rings. The lowest BCUT2D eigenvalue weighted by molar-refractivity contribution is -0.130. The molecule has 76 valence electrons. The number of alkyl halides is 1. The van der Waals surface area contributed by atoms with E-state index < -0.39 is 0 Å². The molecule has 0 aromatic carbocycles. The first-order valence-corrected chi connectivity index (χ1v) is 6.01. The Kier molecular flexibility index (Phi) is 3.77. The zero-order valence-corrected chi connectivity index (χ0v) is 10.1. The number of hydrogen-bond donors (Lipinski definition) is 0. The lowest BCUT2D eigenvalue weighted by atomic mass is 9.85. The van der Waals surface area contributed by atoms with Gasteiger partial charge in [0.25, 0.3) is 0 Å². The molecule has 0 spiro atoms. The average molecular weight is 248 g/mol. The summed E-state index contributed by atoms with van der Waals surface area (Å²) in [6.07, 6.45) is 2.89. The van der Waals surface area contributed by atoms with Crippen molar-refractivity contribution in [1.82, 2.24) is 4.90 Å². The maximum atomic E-state index is 11.6. The number of carbonyl (C=O) groups excluding carboxylic acids is 1. The van der Waals surface area contributed by atoms with Crippen molar-refractivity contribution in [2.45, 2.75) is 33.1 Å². The third-order valence-electron chi connectivity index (χ3n) is 2.78. The van der Waals surface area contributed by atoms with E-state index in [9.17, 15) is 4.79 Å². The monoisotopic (exact) mass is 247 g/mol. The average Bonchev–Trinajstić information content (AvgIpc) is 2.18. The summed E-state index contributed by atoms with van der Waals surface area (Å²) >= 11 is 3.37. The van der Waals surface area contributed by atoms with E-state index in [1.54, 1.807) is 0 Å². The van der Waals surface area contributed by atoms with Gasteiger partial charge in [0.1, 0.15) is 0 Å². The molecule has 0 aromatic rings. The van der Waals surface area contributed by atoms with Crippen molar-refractivity contribution in [2.75, 3.05) is 18.4 Å². The molecule has 1 rings (SSSR count). The molecule has 0 saturated carbocycles. The van der Waals surface area contributed by atoms with E-state index in [0.717, 1.165) is 37.7 Å². The van der Waals surface area contributed by atoms with Gasteiger partial charge in [-0.2, -0.15) is 0 Å². The summed E-state index contributed by atoms with van der Waals surface area (Å²) in [5.41, 5.74) is 0.344. The first kappa shape index (κ1) is 11.0. The summed E-state index contributed by atoms with van der Waals surface area (Å²) in [6.45, 7) is 6.28. The van der Waals surface area contributed by atoms with Crippen LogP contribution in [0.4, 0.5) is 0 Å². The van der Waals surface area contributed by atoms with E-state index in [1.165, 1.54) is 0 Å². The number of likely N-dealkylation sites (tertiary alicyclic amines) is 1. The van der Waals surface area contributed by atoms with Crippen LogP contribution >= 0.6 is 15.9 Å². The molecule has 1 aliphatic heterocycles. The third-order valence-corrected chi connectivity index (χ3v) is 3.14. The molecule has 0 N–H and O–H groups in total. The molecule has 1 heterocycles. The van der Waals surface area contributed by atoms with Gasteiger partial charge in [-0.05, 0) is 18.3 Å². The summed E-state index contributed by atoms with van der Waals surface area (Å²) in [4.78, 5) is 13.6. The van der Waals surface area contributed by atoms with Crippen LogP contribution in [0.3, 0.4) is 0 Å². The van der Waals surface area contributed by atoms with Gasteiger partial charge < -0.3 is 4.90 Å². The van der Waals surface area contributed by atoms with Crippen LogP contribution in [0.2, 0.25) is 0 Å². The number of halogens is 1. The lowest BCUT2D eigenvalue weighted by Gasteiger charge is -2.22. The van der Waals surface area contributed by atoms with Gasteiger partial charge in [0.05, 0.1) is 0 Å². The van der Waals surface area contributed by atoms with Crippen molar-refractivity contribution in [3.8, 4) is 0 Å². The van der Waals surface area contributed by atoms with Gasteiger partial charge in [0.15, 0.2) is 0 Å². The second-order valence-corrected chi connectivity index (χ2v) is 5.28. The smallest absolute Gasteiger partial charge is 0.222 e. The third kappa shape index (κ3) is 3.29. The Balaban J connectivity index is 2.54. The molecule has 1 saturated heterocycles. The fourth-order valence-corrected chi connectivity index (χ4v) is 2.06. The lowest BCUT2D eigenvalue weighted by Crippen LogP contribution is -2.32. The maximum absolute atomic E-state index is 11.6. The first-order valence-electron chi connectivity index (χ1n) is 4.89. The number of hydrogen-bond acceptors (Lipinski definition) is 1. The summed E-state index contributed by atoms with van der Waals surface area (Å²) in [7, 11) is 0. The van der Waals surface area contributed by atoms with Crippen LogP contribution < -0.4 is 0 Å². The molecule has 1 aliphatic rings. The first-order chi connectivity index (χ1) is 6.05. The van der Waals surface area contributed by atoms with Crippen LogP contribution in [0, 0.1) is 5.41 Å². The predicted octanol–water partition coefficient (Wildman–Crippen LogP) is 2.42. The number of rotatable bonds is 2. The molecular formula is C10H18BrNO. The fraction of sp³-hybridized carbons (Fsp3) is 0.900. The van der Waals surface area contributed by atoms with E-state index in [1.807, 2.05) is 4.90 Å². The van der Waals surface area contributed by atoms with Crippen molar-refractivity contribution in [3.05, 3.63) is 0 Å². The Bertz CT molecular complexity index is 191. The minimum atomic E-state index is 0.324. The van der Waals surface area contributed by atoms with E-state index in [2.05, 4.69) is 29.8 Å². The van der Waals surface area contributed by atoms with E-state index in [4.69, 9.17) is 0 Å². The van der Waals surface area contributed by atoms with Crippen LogP contribution in [0.15, 0.2) is 0 Å². The van der Waals surface area contributed by atoms with Crippen LogP contribution in [0.25, 0.3) is 0 Å². The van der Waals surface area contributed by atoms with Gasteiger partial charge in [-0.25, -0.2) is 0 Å². The quantitative estimate of drug-likeness (QED) is 0.687. The minimum Gasteiger partial charge on any atom is -0.342 e. The Labute approximate surface area is 88.8 Å². The van der Waals surface area contributed by atoms with E-state index >= 15 is 0 Å². The molecule has 2 nitrogen and oxygen atoms in total. The number of amides is 1. The van der Waals surface area contributed by atoms with Gasteiger partial charge in [-0.1, -0.05) is 29.8 Å². The van der Waals surface area contributed by atoms with Crippen molar-refractivity contribution in [2.24, 2.45) is 5.41 Å². The molecule has 0 bridgehead atoms. The van der Waals surface area contributed by atoms with Crippen molar-refractivity contribution >= 4 is 21.8 Å². The normalized spacial score (nSPS) is 23.0. The highest BCUT2D eigenvalue weighted by Gasteiger charge is 2.26. The molecule has 13 heavy (non-hydrogen) atoms. The van der Waals surface area contributed by atoms with Crippen molar-refractivity contribution in [3.63, 3.8) is 0 Å². The zero-order chi connectivity index (χ0) is 9.90. The standard InChI is InChI=1S/C10H18BrNO/c1-10(2)4-3-9(13)12(7-5-10)8-6-11/h3-8H2,1-2H3. The SMILES string of the molecule is CC1(C)CCC(=O)N(CCBr)CC1. The van der Waals surface area contributed by atoms with Gasteiger partial charge in [0.2, 0.25) is 5.91 Å². The topological polar surface area (TPSA) is 20.3 Å². The summed E-state index contributed by atoms with van der Waals surface area (Å²) in [5.74, 6) is 0.324. The molecule has 0 unspecified atom stereocenters. The highest BCUT2D eigenvalue weighted by molar-refractivity contribution is 9.09. The zero-order valence-electron chi connectivity index (χ0n) is 8.48. The van der Waals surface area contributed by atoms with Crippen LogP contribution in [0.1, 0.15) is 33.1 Å². The Morgan fingerprint density at radius 3 is 2.77 bits per heavy atom. The highest BCUT2D eigenvalue weighted by Crippen LogP contribution is 2.30. The van der Waals surface area contributed by atoms with Crippen molar-refractivity contribution in [1.29, 1.82) is 0 Å². The molecule has 3 heteroatoms. The maximum Gasteiger partial charge on any atom is 0.222 e. The number of nitrogens with zero attached hydrogens (tertiary/aromatic N) is 1. The molecule has 0 aromatic heterocycles. The van der Waals surface area contributed by atoms with Gasteiger partial charge in [-0.3, -0.25) is 4.79 Å². The summed E-state index contributed by atoms with van der Waals surface area (Å²) in [6, 6.07) is 0.